The molecule has 2 unspecified atom stereocenters. The molecular weight excluding hydrogens is 256 g/mol. The smallest absolute Gasteiger partial charge is 0.282 e. The van der Waals surface area contributed by atoms with E-state index in [4.69, 9.17) is 4.74 Å². The van der Waals surface area contributed by atoms with Crippen LogP contribution < -0.4 is 0 Å². The average molecular weight is 276 g/mol. The molecule has 0 spiro atoms. The van der Waals surface area contributed by atoms with Crippen LogP contribution in [-0.2, 0) is 14.9 Å². The average Bonchev–Trinajstić information content (AvgIpc) is 2.64. The van der Waals surface area contributed by atoms with Gasteiger partial charge < -0.3 is 9.84 Å². The molecule has 3 fully saturated rings. The van der Waals surface area contributed by atoms with E-state index in [0.29, 0.717) is 39.1 Å². The van der Waals surface area contributed by atoms with Crippen LogP contribution in [0.15, 0.2) is 0 Å². The number of ether oxygens (including phenoxy) is 1. The predicted octanol–water partition coefficient (Wildman–Crippen LogP) is -0.449. The number of nitrogens with zero attached hydrogens (tertiary/aromatic N) is 2. The molecule has 6 nitrogen and oxygen atoms in total. The van der Waals surface area contributed by atoms with Crippen LogP contribution in [0.2, 0.25) is 0 Å². The van der Waals surface area contributed by atoms with E-state index in [1.165, 1.54) is 4.31 Å². The highest BCUT2D eigenvalue weighted by molar-refractivity contribution is 7.86. The van der Waals surface area contributed by atoms with Crippen LogP contribution in [0.3, 0.4) is 0 Å². The van der Waals surface area contributed by atoms with Crippen molar-refractivity contribution in [2.24, 2.45) is 0 Å². The molecule has 2 atom stereocenters. The number of rotatable bonds is 2. The number of aliphatic hydroxyl groups excluding tert-OH is 1. The monoisotopic (exact) mass is 276 g/mol. The third-order valence-electron chi connectivity index (χ3n) is 4.20. The van der Waals surface area contributed by atoms with Gasteiger partial charge >= 0.3 is 0 Å². The van der Waals surface area contributed by atoms with Crippen LogP contribution in [-0.4, -0.2) is 66.6 Å². The van der Waals surface area contributed by atoms with Crippen LogP contribution in [0.25, 0.3) is 0 Å². The first kappa shape index (κ1) is 12.8. The molecule has 0 amide bonds. The Hall–Kier alpha value is -0.210. The maximum Gasteiger partial charge on any atom is 0.282 e. The zero-order chi connectivity index (χ0) is 12.8. The molecule has 0 aromatic heterocycles. The van der Waals surface area contributed by atoms with Crippen molar-refractivity contribution in [3.8, 4) is 0 Å². The first-order chi connectivity index (χ1) is 8.59. The van der Waals surface area contributed by atoms with Crippen molar-refractivity contribution in [2.45, 2.75) is 43.9 Å². The Morgan fingerprint density at radius 3 is 2.17 bits per heavy atom. The van der Waals surface area contributed by atoms with Crippen molar-refractivity contribution >= 4 is 10.2 Å². The van der Waals surface area contributed by atoms with Gasteiger partial charge in [0.05, 0.1) is 19.3 Å². The Morgan fingerprint density at radius 1 is 1.06 bits per heavy atom. The molecule has 3 saturated heterocycles. The molecule has 7 heteroatoms. The topological polar surface area (TPSA) is 70.1 Å². The van der Waals surface area contributed by atoms with E-state index in [2.05, 4.69) is 0 Å². The first-order valence-corrected chi connectivity index (χ1v) is 8.03. The number of piperidine rings is 1. The summed E-state index contributed by atoms with van der Waals surface area (Å²) in [5, 5.41) is 9.73. The Labute approximate surface area is 108 Å². The fourth-order valence-corrected chi connectivity index (χ4v) is 5.41. The second-order valence-corrected chi connectivity index (χ2v) is 7.19. The quantitative estimate of drug-likeness (QED) is 0.742. The van der Waals surface area contributed by atoms with Gasteiger partial charge in [-0.05, 0) is 25.7 Å². The highest BCUT2D eigenvalue weighted by Gasteiger charge is 2.48. The zero-order valence-electron chi connectivity index (χ0n) is 10.4. The van der Waals surface area contributed by atoms with Gasteiger partial charge in [0.15, 0.2) is 0 Å². The van der Waals surface area contributed by atoms with Gasteiger partial charge in [-0.1, -0.05) is 0 Å². The van der Waals surface area contributed by atoms with Crippen LogP contribution in [0.4, 0.5) is 0 Å². The summed E-state index contributed by atoms with van der Waals surface area (Å²) < 4.78 is 33.6. The van der Waals surface area contributed by atoms with Crippen molar-refractivity contribution in [3.63, 3.8) is 0 Å². The lowest BCUT2D eigenvalue weighted by Crippen LogP contribution is -2.55. The van der Waals surface area contributed by atoms with Crippen molar-refractivity contribution in [3.05, 3.63) is 0 Å². The van der Waals surface area contributed by atoms with Crippen LogP contribution in [0, 0.1) is 0 Å². The molecule has 0 aromatic rings. The van der Waals surface area contributed by atoms with Gasteiger partial charge in [0.25, 0.3) is 10.2 Å². The molecule has 3 heterocycles. The van der Waals surface area contributed by atoms with Gasteiger partial charge in [-0.15, -0.1) is 0 Å². The van der Waals surface area contributed by atoms with Gasteiger partial charge in [0.1, 0.15) is 0 Å². The summed E-state index contributed by atoms with van der Waals surface area (Å²) in [6.45, 7) is 1.84. The van der Waals surface area contributed by atoms with Gasteiger partial charge in [-0.25, -0.2) is 0 Å². The minimum absolute atomic E-state index is 0.00778. The zero-order valence-corrected chi connectivity index (χ0v) is 11.2. The van der Waals surface area contributed by atoms with Crippen LogP contribution in [0.5, 0.6) is 0 Å². The normalized spacial score (nSPS) is 39.1. The Morgan fingerprint density at radius 2 is 1.61 bits per heavy atom. The van der Waals surface area contributed by atoms with E-state index in [9.17, 15) is 13.5 Å². The lowest BCUT2D eigenvalue weighted by molar-refractivity contribution is 0.0553. The molecule has 0 aromatic carbocycles. The molecular formula is C11H20N2O4S. The second-order valence-electron chi connectivity index (χ2n) is 5.36. The number of hydrogen-bond donors (Lipinski definition) is 1. The van der Waals surface area contributed by atoms with Crippen molar-refractivity contribution < 1.29 is 18.3 Å². The number of hydrogen-bond acceptors (Lipinski definition) is 4. The Balaban J connectivity index is 1.81. The minimum Gasteiger partial charge on any atom is -0.393 e. The Kier molecular flexibility index (Phi) is 3.36. The maximum absolute atomic E-state index is 12.6. The largest absolute Gasteiger partial charge is 0.393 e. The van der Waals surface area contributed by atoms with Crippen molar-refractivity contribution in [1.82, 2.24) is 8.61 Å². The molecule has 18 heavy (non-hydrogen) atoms. The SMILES string of the molecule is O=S(=O)(N1CCOCC1)N1C2CCC1CC(O)C2. The maximum atomic E-state index is 12.6. The first-order valence-electron chi connectivity index (χ1n) is 6.63. The minimum atomic E-state index is -3.37. The molecule has 3 aliphatic rings. The van der Waals surface area contributed by atoms with E-state index < -0.39 is 10.2 Å². The molecule has 0 saturated carbocycles. The highest BCUT2D eigenvalue weighted by Crippen LogP contribution is 2.38. The second kappa shape index (κ2) is 4.72. The summed E-state index contributed by atoms with van der Waals surface area (Å²) in [5.74, 6) is 0. The van der Waals surface area contributed by atoms with Gasteiger partial charge in [0.2, 0.25) is 0 Å². The van der Waals surface area contributed by atoms with E-state index in [1.54, 1.807) is 4.31 Å². The van der Waals surface area contributed by atoms with Crippen molar-refractivity contribution in [2.75, 3.05) is 26.3 Å². The number of fused-ring (bicyclic) bond motifs is 2. The fraction of sp³-hybridized carbons (Fsp3) is 1.00. The lowest BCUT2D eigenvalue weighted by Gasteiger charge is -2.39. The molecule has 3 aliphatic heterocycles. The summed E-state index contributed by atoms with van der Waals surface area (Å²) in [7, 11) is -3.37. The van der Waals surface area contributed by atoms with Crippen molar-refractivity contribution in [1.29, 1.82) is 0 Å². The third-order valence-corrected chi connectivity index (χ3v) is 6.35. The molecule has 3 rings (SSSR count). The number of morpholine rings is 1. The van der Waals surface area contributed by atoms with E-state index >= 15 is 0 Å². The van der Waals surface area contributed by atoms with E-state index in [1.807, 2.05) is 0 Å². The molecule has 2 bridgehead atoms. The summed E-state index contributed by atoms with van der Waals surface area (Å²) in [6.07, 6.45) is 2.59. The van der Waals surface area contributed by atoms with Gasteiger partial charge in [-0.2, -0.15) is 17.0 Å². The molecule has 104 valence electrons. The van der Waals surface area contributed by atoms with Crippen LogP contribution in [0.1, 0.15) is 25.7 Å². The van der Waals surface area contributed by atoms with Gasteiger partial charge in [0, 0.05) is 25.2 Å². The van der Waals surface area contributed by atoms with Gasteiger partial charge in [-0.3, -0.25) is 0 Å². The number of aliphatic hydroxyl groups is 1. The third kappa shape index (κ3) is 2.08. The summed E-state index contributed by atoms with van der Waals surface area (Å²) >= 11 is 0. The summed E-state index contributed by atoms with van der Waals surface area (Å²) in [6, 6.07) is -0.0156. The van der Waals surface area contributed by atoms with E-state index in [-0.39, 0.29) is 18.2 Å². The molecule has 0 aliphatic carbocycles. The predicted molar refractivity (Wildman–Crippen MR) is 65.2 cm³/mol. The standard InChI is InChI=1S/C11H20N2O4S/c14-11-7-9-1-2-10(8-11)13(9)18(15,16)12-3-5-17-6-4-12/h9-11,14H,1-8H2. The van der Waals surface area contributed by atoms with Crippen LogP contribution >= 0.6 is 0 Å². The lowest BCUT2D eigenvalue weighted by atomic mass is 10.0. The summed E-state index contributed by atoms with van der Waals surface area (Å²) in [5.41, 5.74) is 0. The molecule has 1 N–H and O–H groups in total. The fourth-order valence-electron chi connectivity index (χ4n) is 3.39. The molecule has 0 radical (unpaired) electrons. The Bertz CT molecular complexity index is 393. The summed E-state index contributed by atoms with van der Waals surface area (Å²) in [4.78, 5) is 0. The highest BCUT2D eigenvalue weighted by atomic mass is 32.2. The van der Waals surface area contributed by atoms with E-state index in [0.717, 1.165) is 12.8 Å².